The van der Waals surface area contributed by atoms with Crippen molar-refractivity contribution in [3.8, 4) is 0 Å². The van der Waals surface area contributed by atoms with Crippen molar-refractivity contribution in [2.75, 3.05) is 0 Å². The number of carbonyl (C=O) groups is 1. The summed E-state index contributed by atoms with van der Waals surface area (Å²) in [5, 5.41) is 4.64. The van der Waals surface area contributed by atoms with Gasteiger partial charge in [0.15, 0.2) is 0 Å². The molecule has 0 aliphatic heterocycles. The van der Waals surface area contributed by atoms with Crippen LogP contribution in [-0.2, 0) is 7.05 Å². The van der Waals surface area contributed by atoms with Gasteiger partial charge in [-0.3, -0.25) is 4.79 Å². The third kappa shape index (κ3) is 5.39. The molecule has 1 atom stereocenters. The summed E-state index contributed by atoms with van der Waals surface area (Å²) in [5.74, 6) is -0.101. The zero-order valence-corrected chi connectivity index (χ0v) is 19.1. The molecule has 3 nitrogen and oxygen atoms in total. The smallest absolute Gasteiger partial charge is 0.268 e. The Labute approximate surface area is 174 Å². The highest BCUT2D eigenvalue weighted by Crippen LogP contribution is 2.28. The molecule has 1 heterocycles. The van der Waals surface area contributed by atoms with E-state index in [0.29, 0.717) is 10.7 Å². The van der Waals surface area contributed by atoms with Crippen LogP contribution < -0.4 is 5.32 Å². The Morgan fingerprint density at radius 3 is 2.11 bits per heavy atom. The van der Waals surface area contributed by atoms with Crippen LogP contribution in [-0.4, -0.2) is 10.5 Å². The van der Waals surface area contributed by atoms with Gasteiger partial charge < -0.3 is 9.88 Å². The molecular formula is C24H33ClN2O. The minimum atomic E-state index is -0.101. The van der Waals surface area contributed by atoms with Gasteiger partial charge in [0.1, 0.15) is 5.69 Å². The van der Waals surface area contributed by atoms with E-state index < -0.39 is 0 Å². The molecule has 152 valence electrons. The van der Waals surface area contributed by atoms with Gasteiger partial charge in [-0.25, -0.2) is 0 Å². The predicted octanol–water partition coefficient (Wildman–Crippen LogP) is 6.99. The van der Waals surface area contributed by atoms with E-state index in [1.54, 1.807) is 0 Å². The number of halogens is 1. The predicted molar refractivity (Wildman–Crippen MR) is 122 cm³/mol. The third-order valence-corrected chi connectivity index (χ3v) is 4.73. The Balaban J connectivity index is 0.000000921. The summed E-state index contributed by atoms with van der Waals surface area (Å²) in [5.41, 5.74) is 4.94. The van der Waals surface area contributed by atoms with Crippen LogP contribution in [0.3, 0.4) is 0 Å². The van der Waals surface area contributed by atoms with Gasteiger partial charge in [0, 0.05) is 12.4 Å². The topological polar surface area (TPSA) is 34.0 Å². The van der Waals surface area contributed by atoms with Gasteiger partial charge in [-0.05, 0) is 50.1 Å². The molecule has 1 aromatic heterocycles. The minimum absolute atomic E-state index is 0.0617. The molecule has 0 spiro atoms. The van der Waals surface area contributed by atoms with Crippen LogP contribution in [0.15, 0.2) is 42.5 Å². The van der Waals surface area contributed by atoms with Crippen molar-refractivity contribution in [1.29, 1.82) is 0 Å². The van der Waals surface area contributed by atoms with Crippen LogP contribution in [0.25, 0.3) is 10.9 Å². The Hall–Kier alpha value is -2.26. The summed E-state index contributed by atoms with van der Waals surface area (Å²) >= 11 is 6.32. The van der Waals surface area contributed by atoms with Crippen molar-refractivity contribution in [3.05, 3.63) is 69.9 Å². The summed E-state index contributed by atoms with van der Waals surface area (Å²) in [7, 11) is 1.89. The monoisotopic (exact) mass is 400 g/mol. The molecule has 1 N–H and O–H groups in total. The van der Waals surface area contributed by atoms with Crippen LogP contribution in [0, 0.1) is 13.8 Å². The van der Waals surface area contributed by atoms with E-state index in [2.05, 4.69) is 17.4 Å². The summed E-state index contributed by atoms with van der Waals surface area (Å²) in [6.45, 7) is 14.0. The molecule has 2 aromatic carbocycles. The fourth-order valence-electron chi connectivity index (χ4n) is 2.95. The van der Waals surface area contributed by atoms with Crippen LogP contribution in [0.4, 0.5) is 0 Å². The van der Waals surface area contributed by atoms with Crippen LogP contribution in [0.1, 0.15) is 67.8 Å². The molecule has 28 heavy (non-hydrogen) atoms. The van der Waals surface area contributed by atoms with Crippen molar-refractivity contribution < 1.29 is 4.79 Å². The highest BCUT2D eigenvalue weighted by atomic mass is 35.5. The normalized spacial score (nSPS) is 11.0. The quantitative estimate of drug-likeness (QED) is 0.504. The number of amides is 1. The van der Waals surface area contributed by atoms with Gasteiger partial charge in [-0.2, -0.15) is 0 Å². The summed E-state index contributed by atoms with van der Waals surface area (Å²) in [6, 6.07) is 13.9. The zero-order chi connectivity index (χ0) is 21.4. The van der Waals surface area contributed by atoms with E-state index in [0.717, 1.165) is 22.0 Å². The largest absolute Gasteiger partial charge is 0.344 e. The molecule has 0 aliphatic rings. The fraction of sp³-hybridized carbons (Fsp3) is 0.375. The van der Waals surface area contributed by atoms with Crippen LogP contribution in [0.5, 0.6) is 0 Å². The molecule has 0 saturated carbocycles. The van der Waals surface area contributed by atoms with E-state index in [1.165, 1.54) is 5.56 Å². The second-order valence-corrected chi connectivity index (χ2v) is 6.78. The molecule has 0 unspecified atom stereocenters. The lowest BCUT2D eigenvalue weighted by Crippen LogP contribution is -2.28. The number of aromatic nitrogens is 1. The second-order valence-electron chi connectivity index (χ2n) is 6.37. The molecule has 3 aromatic rings. The molecule has 0 radical (unpaired) electrons. The number of hydrogen-bond acceptors (Lipinski definition) is 1. The Bertz CT molecular complexity index is 910. The lowest BCUT2D eigenvalue weighted by Gasteiger charge is -2.15. The number of aryl methyl sites for hydroxylation is 3. The number of carbonyl (C=O) groups excluding carboxylic acids is 1. The van der Waals surface area contributed by atoms with Gasteiger partial charge in [0.2, 0.25) is 0 Å². The number of nitrogens with one attached hydrogen (secondary N) is 1. The molecule has 0 saturated heterocycles. The number of hydrogen-bond donors (Lipinski definition) is 1. The first-order valence-corrected chi connectivity index (χ1v) is 10.4. The SMILES string of the molecule is CC.CC.Cc1ccc([C@@H](C)NC(=O)c2cc3c(Cl)cc(C)cc3n2C)cc1. The first kappa shape index (κ1) is 23.8. The lowest BCUT2D eigenvalue weighted by molar-refractivity contribution is 0.0932. The Morgan fingerprint density at radius 1 is 0.964 bits per heavy atom. The highest BCUT2D eigenvalue weighted by Gasteiger charge is 2.17. The van der Waals surface area contributed by atoms with Crippen molar-refractivity contribution in [2.24, 2.45) is 7.05 Å². The van der Waals surface area contributed by atoms with Gasteiger partial charge >= 0.3 is 0 Å². The molecule has 0 fully saturated rings. The van der Waals surface area contributed by atoms with Crippen LogP contribution in [0.2, 0.25) is 5.02 Å². The fourth-order valence-corrected chi connectivity index (χ4v) is 3.27. The maximum Gasteiger partial charge on any atom is 0.268 e. The first-order valence-electron chi connectivity index (χ1n) is 10.00. The van der Waals surface area contributed by atoms with Gasteiger partial charge in [-0.1, -0.05) is 69.1 Å². The van der Waals surface area contributed by atoms with Crippen LogP contribution >= 0.6 is 11.6 Å². The zero-order valence-electron chi connectivity index (χ0n) is 18.4. The van der Waals surface area contributed by atoms with Gasteiger partial charge in [0.05, 0.1) is 16.6 Å². The third-order valence-electron chi connectivity index (χ3n) is 4.41. The molecule has 3 rings (SSSR count). The van der Waals surface area contributed by atoms with E-state index >= 15 is 0 Å². The average molecular weight is 401 g/mol. The summed E-state index contributed by atoms with van der Waals surface area (Å²) < 4.78 is 1.89. The summed E-state index contributed by atoms with van der Waals surface area (Å²) in [6.07, 6.45) is 0. The van der Waals surface area contributed by atoms with E-state index in [-0.39, 0.29) is 11.9 Å². The number of fused-ring (bicyclic) bond motifs is 1. The average Bonchev–Trinajstić information content (AvgIpc) is 3.02. The van der Waals surface area contributed by atoms with Crippen molar-refractivity contribution in [2.45, 2.75) is 54.5 Å². The summed E-state index contributed by atoms with van der Waals surface area (Å²) in [4.78, 5) is 12.7. The molecule has 0 bridgehead atoms. The number of nitrogens with zero attached hydrogens (tertiary/aromatic N) is 1. The second kappa shape index (κ2) is 10.9. The van der Waals surface area contributed by atoms with Crippen molar-refractivity contribution >= 4 is 28.4 Å². The first-order chi connectivity index (χ1) is 13.4. The van der Waals surface area contributed by atoms with Gasteiger partial charge in [0.25, 0.3) is 5.91 Å². The van der Waals surface area contributed by atoms with E-state index in [4.69, 9.17) is 11.6 Å². The lowest BCUT2D eigenvalue weighted by atomic mass is 10.1. The van der Waals surface area contributed by atoms with E-state index in [1.807, 2.05) is 90.4 Å². The molecule has 0 aliphatic carbocycles. The Kier molecular flexibility index (Phi) is 9.27. The maximum atomic E-state index is 12.7. The van der Waals surface area contributed by atoms with Crippen molar-refractivity contribution in [3.63, 3.8) is 0 Å². The van der Waals surface area contributed by atoms with Gasteiger partial charge in [-0.15, -0.1) is 0 Å². The molecule has 4 heteroatoms. The van der Waals surface area contributed by atoms with Crippen molar-refractivity contribution in [1.82, 2.24) is 9.88 Å². The molecular weight excluding hydrogens is 368 g/mol. The maximum absolute atomic E-state index is 12.7. The highest BCUT2D eigenvalue weighted by molar-refractivity contribution is 6.35. The van der Waals surface area contributed by atoms with E-state index in [9.17, 15) is 4.79 Å². The number of rotatable bonds is 3. The minimum Gasteiger partial charge on any atom is -0.344 e. The standard InChI is InChI=1S/C20H21ClN2O.2C2H6/c1-12-5-7-15(8-6-12)14(3)22-20(24)19-11-16-17(21)9-13(2)10-18(16)23(19)4;2*1-2/h5-11,14H,1-4H3,(H,22,24);2*1-2H3/t14-;;/m1../s1. The number of benzene rings is 2. The Morgan fingerprint density at radius 2 is 1.54 bits per heavy atom. The molecule has 1 amide bonds.